The Hall–Kier alpha value is -2.96. The van der Waals surface area contributed by atoms with Crippen molar-refractivity contribution < 1.29 is 23.1 Å². The summed E-state index contributed by atoms with van der Waals surface area (Å²) in [7, 11) is -3.35. The van der Waals surface area contributed by atoms with Crippen molar-refractivity contribution in [1.82, 2.24) is 24.9 Å². The van der Waals surface area contributed by atoms with Gasteiger partial charge >= 0.3 is 0 Å². The third-order valence-electron chi connectivity index (χ3n) is 9.89. The number of nitrogens with one attached hydrogen (secondary N) is 2. The van der Waals surface area contributed by atoms with Crippen LogP contribution >= 0.6 is 0 Å². The van der Waals surface area contributed by atoms with E-state index in [4.69, 9.17) is 5.10 Å². The van der Waals surface area contributed by atoms with Gasteiger partial charge in [-0.2, -0.15) is 5.10 Å². The number of unbranched alkanes of at least 4 members (excludes halogenated alkanes) is 1. The largest absolute Gasteiger partial charge is 0.390 e. The summed E-state index contributed by atoms with van der Waals surface area (Å²) in [6.45, 7) is 8.63. The maximum absolute atomic E-state index is 13.9. The van der Waals surface area contributed by atoms with Crippen molar-refractivity contribution in [1.29, 1.82) is 0 Å². The smallest absolute Gasteiger partial charge is 0.248 e. The zero-order chi connectivity index (χ0) is 31.6. The molecule has 2 amide bonds. The summed E-state index contributed by atoms with van der Waals surface area (Å²) in [5.41, 5.74) is 3.47. The first-order chi connectivity index (χ1) is 20.9. The third-order valence-corrected chi connectivity index (χ3v) is 10.5. The Balaban J connectivity index is 1.28. The molecule has 2 saturated heterocycles. The van der Waals surface area contributed by atoms with Gasteiger partial charge in [0.25, 0.3) is 0 Å². The van der Waals surface area contributed by atoms with Crippen molar-refractivity contribution in [3.8, 4) is 5.69 Å². The van der Waals surface area contributed by atoms with Crippen LogP contribution in [0.25, 0.3) is 5.69 Å². The van der Waals surface area contributed by atoms with Crippen LogP contribution in [0, 0.1) is 19.8 Å². The number of aromatic nitrogens is 2. The number of likely N-dealkylation sites (tertiary alicyclic amines) is 1. The van der Waals surface area contributed by atoms with Gasteiger partial charge in [0.05, 0.1) is 23.7 Å². The number of benzene rings is 1. The summed E-state index contributed by atoms with van der Waals surface area (Å²) in [6.07, 6.45) is 8.18. The summed E-state index contributed by atoms with van der Waals surface area (Å²) in [5.74, 6) is -0.201. The molecular formula is C32H48N6O5S. The molecule has 2 aromatic rings. The van der Waals surface area contributed by atoms with Crippen LogP contribution in [-0.2, 0) is 26.2 Å². The second kappa shape index (κ2) is 13.2. The van der Waals surface area contributed by atoms with Crippen LogP contribution in [0.4, 0.5) is 5.69 Å². The van der Waals surface area contributed by atoms with E-state index in [-0.39, 0.29) is 17.7 Å². The molecule has 3 fully saturated rings. The van der Waals surface area contributed by atoms with Gasteiger partial charge in [-0.05, 0) is 76.1 Å². The Morgan fingerprint density at radius 2 is 1.75 bits per heavy atom. The van der Waals surface area contributed by atoms with E-state index in [0.29, 0.717) is 44.7 Å². The van der Waals surface area contributed by atoms with E-state index < -0.39 is 27.7 Å². The molecule has 0 radical (unpaired) electrons. The summed E-state index contributed by atoms with van der Waals surface area (Å²) < 4.78 is 27.5. The molecule has 1 aromatic carbocycles. The van der Waals surface area contributed by atoms with Gasteiger partial charge in [0.2, 0.25) is 21.8 Å². The molecule has 2 aliphatic heterocycles. The zero-order valence-electron chi connectivity index (χ0n) is 26.5. The second-order valence-corrected chi connectivity index (χ2v) is 14.7. The van der Waals surface area contributed by atoms with Crippen LogP contribution < -0.4 is 10.0 Å². The van der Waals surface area contributed by atoms with Crippen LogP contribution in [0.3, 0.4) is 0 Å². The molecule has 44 heavy (non-hydrogen) atoms. The molecular weight excluding hydrogens is 580 g/mol. The number of aliphatic hydroxyl groups is 1. The van der Waals surface area contributed by atoms with Crippen molar-refractivity contribution in [2.75, 3.05) is 30.6 Å². The highest BCUT2D eigenvalue weighted by Crippen LogP contribution is 2.37. The lowest BCUT2D eigenvalue weighted by Gasteiger charge is -2.52. The van der Waals surface area contributed by atoms with Gasteiger partial charge in [0.1, 0.15) is 11.6 Å². The third kappa shape index (κ3) is 6.67. The zero-order valence-corrected chi connectivity index (χ0v) is 27.3. The molecule has 2 atom stereocenters. The standard InChI is InChI=1S/C32H48N6O5S/c1-5-6-18-37-30(40)28(29(39)24-10-8-7-9-11-24)33-31(41)32(37)16-19-36(20-17-32)21-27-22(2)34-38(23(27)3)26-14-12-25(13-15-26)35-44(4,42)43/h12-15,24,28-29,35,39H,5-11,16-21H2,1-4H3,(H,33,41)/t28-,29-/m1/s1. The normalized spacial score (nSPS) is 22.3. The fourth-order valence-electron chi connectivity index (χ4n) is 7.30. The maximum atomic E-state index is 13.9. The first-order valence-corrected chi connectivity index (χ1v) is 18.0. The Morgan fingerprint density at radius 3 is 2.36 bits per heavy atom. The molecule has 0 bridgehead atoms. The fourth-order valence-corrected chi connectivity index (χ4v) is 7.86. The number of piperidine rings is 1. The van der Waals surface area contributed by atoms with Crippen molar-refractivity contribution in [3.05, 3.63) is 41.2 Å². The predicted molar refractivity (Wildman–Crippen MR) is 170 cm³/mol. The maximum Gasteiger partial charge on any atom is 0.248 e. The van der Waals surface area contributed by atoms with Gasteiger partial charge in [0.15, 0.2) is 0 Å². The molecule has 3 aliphatic rings. The number of anilines is 1. The molecule has 1 aliphatic carbocycles. The molecule has 0 unspecified atom stereocenters. The van der Waals surface area contributed by atoms with E-state index in [9.17, 15) is 23.1 Å². The van der Waals surface area contributed by atoms with Gasteiger partial charge in [0, 0.05) is 43.1 Å². The number of hydrogen-bond donors (Lipinski definition) is 3. The van der Waals surface area contributed by atoms with Gasteiger partial charge in [-0.25, -0.2) is 13.1 Å². The monoisotopic (exact) mass is 628 g/mol. The quantitative estimate of drug-likeness (QED) is 0.367. The molecule has 3 heterocycles. The number of aryl methyl sites for hydroxylation is 1. The number of sulfonamides is 1. The van der Waals surface area contributed by atoms with Crippen molar-refractivity contribution in [2.24, 2.45) is 5.92 Å². The number of aliphatic hydroxyl groups excluding tert-OH is 1. The highest BCUT2D eigenvalue weighted by molar-refractivity contribution is 7.92. The number of rotatable bonds is 10. The minimum absolute atomic E-state index is 0.0522. The minimum Gasteiger partial charge on any atom is -0.390 e. The van der Waals surface area contributed by atoms with E-state index in [1.165, 1.54) is 0 Å². The Labute approximate surface area is 261 Å². The summed E-state index contributed by atoms with van der Waals surface area (Å²) in [5, 5.41) is 19.0. The van der Waals surface area contributed by atoms with Crippen molar-refractivity contribution in [2.45, 2.75) is 103 Å². The second-order valence-electron chi connectivity index (χ2n) is 13.0. The van der Waals surface area contributed by atoms with E-state index in [1.54, 1.807) is 12.1 Å². The Kier molecular flexibility index (Phi) is 9.72. The van der Waals surface area contributed by atoms with Gasteiger partial charge in [-0.1, -0.05) is 32.6 Å². The SMILES string of the molecule is CCCCN1C(=O)[C@@H]([C@H](O)C2CCCCC2)NC(=O)C12CCN(Cc1c(C)nn(-c3ccc(NS(C)(=O)=O)cc3)c1C)CC2. The number of hydrogen-bond acceptors (Lipinski definition) is 7. The van der Waals surface area contributed by atoms with Gasteiger partial charge < -0.3 is 15.3 Å². The molecule has 1 saturated carbocycles. The van der Waals surface area contributed by atoms with Crippen LogP contribution in [-0.4, -0.2) is 88.5 Å². The average molecular weight is 629 g/mol. The number of carbonyl (C=O) groups is 2. The molecule has 1 aromatic heterocycles. The summed E-state index contributed by atoms with van der Waals surface area (Å²) in [4.78, 5) is 31.9. The molecule has 12 heteroatoms. The van der Waals surface area contributed by atoms with Crippen molar-refractivity contribution in [3.63, 3.8) is 0 Å². The Bertz CT molecular complexity index is 1440. The summed E-state index contributed by atoms with van der Waals surface area (Å²) in [6, 6.07) is 6.25. The molecule has 5 rings (SSSR count). The fraction of sp³-hybridized carbons (Fsp3) is 0.656. The molecule has 1 spiro atoms. The highest BCUT2D eigenvalue weighted by Gasteiger charge is 2.55. The number of carbonyl (C=O) groups excluding carboxylic acids is 2. The first kappa shape index (κ1) is 32.4. The van der Waals surface area contributed by atoms with Crippen molar-refractivity contribution >= 4 is 27.5 Å². The number of nitrogens with zero attached hydrogens (tertiary/aromatic N) is 4. The van der Waals surface area contributed by atoms with Crippen LogP contribution in [0.5, 0.6) is 0 Å². The van der Waals surface area contributed by atoms with Gasteiger partial charge in [-0.15, -0.1) is 0 Å². The van der Waals surface area contributed by atoms with E-state index in [0.717, 1.165) is 73.8 Å². The lowest BCUT2D eigenvalue weighted by Crippen LogP contribution is -2.75. The number of piperazine rings is 1. The lowest BCUT2D eigenvalue weighted by molar-refractivity contribution is -0.166. The van der Waals surface area contributed by atoms with Crippen LogP contribution in [0.2, 0.25) is 0 Å². The number of amides is 2. The molecule has 11 nitrogen and oxygen atoms in total. The lowest BCUT2D eigenvalue weighted by atomic mass is 9.78. The average Bonchev–Trinajstić information content (AvgIpc) is 3.28. The van der Waals surface area contributed by atoms with Crippen LogP contribution in [0.1, 0.15) is 81.7 Å². The Morgan fingerprint density at radius 1 is 1.09 bits per heavy atom. The summed E-state index contributed by atoms with van der Waals surface area (Å²) >= 11 is 0. The van der Waals surface area contributed by atoms with Crippen LogP contribution in [0.15, 0.2) is 24.3 Å². The molecule has 242 valence electrons. The molecule has 3 N–H and O–H groups in total. The predicted octanol–water partition coefficient (Wildman–Crippen LogP) is 3.26. The van der Waals surface area contributed by atoms with Gasteiger partial charge in [-0.3, -0.25) is 19.2 Å². The van der Waals surface area contributed by atoms with E-state index in [2.05, 4.69) is 21.9 Å². The van der Waals surface area contributed by atoms with E-state index in [1.807, 2.05) is 35.6 Å². The highest BCUT2D eigenvalue weighted by atomic mass is 32.2. The first-order valence-electron chi connectivity index (χ1n) is 16.1. The minimum atomic E-state index is -3.35. The van der Waals surface area contributed by atoms with E-state index >= 15 is 0 Å². The topological polar surface area (TPSA) is 137 Å².